The number of nitrogens with zero attached hydrogens (tertiary/aromatic N) is 2. The maximum Gasteiger partial charge on any atom is 0.355 e. The van der Waals surface area contributed by atoms with Crippen molar-refractivity contribution < 1.29 is 14.3 Å². The van der Waals surface area contributed by atoms with Crippen LogP contribution in [0.15, 0.2) is 24.4 Å². The lowest BCUT2D eigenvalue weighted by molar-refractivity contribution is 0.0592. The second-order valence-corrected chi connectivity index (χ2v) is 4.71. The maximum absolute atomic E-state index is 11.7. The van der Waals surface area contributed by atoms with Crippen LogP contribution in [0.3, 0.4) is 0 Å². The molecule has 0 radical (unpaired) electrons. The number of ether oxygens (including phenoxy) is 2. The van der Waals surface area contributed by atoms with Gasteiger partial charge in [0, 0.05) is 18.7 Å². The molecule has 19 heavy (non-hydrogen) atoms. The third kappa shape index (κ3) is 2.21. The number of imidazole rings is 1. The molecule has 1 atom stereocenters. The van der Waals surface area contributed by atoms with Crippen LogP contribution in [0, 0.1) is 0 Å². The van der Waals surface area contributed by atoms with Gasteiger partial charge in [-0.1, -0.05) is 6.07 Å². The van der Waals surface area contributed by atoms with Crippen LogP contribution in [0.5, 0.6) is 0 Å². The molecule has 0 N–H and O–H groups in total. The fourth-order valence-electron chi connectivity index (χ4n) is 2.47. The van der Waals surface area contributed by atoms with Crippen molar-refractivity contribution in [2.75, 3.05) is 20.3 Å². The summed E-state index contributed by atoms with van der Waals surface area (Å²) in [5.41, 5.74) is 2.25. The zero-order valence-corrected chi connectivity index (χ0v) is 10.8. The third-order valence-corrected chi connectivity index (χ3v) is 3.48. The minimum Gasteiger partial charge on any atom is -0.464 e. The lowest BCUT2D eigenvalue weighted by Crippen LogP contribution is -2.15. The van der Waals surface area contributed by atoms with Crippen LogP contribution in [-0.2, 0) is 9.47 Å². The minimum absolute atomic E-state index is 0.319. The number of rotatable bonds is 2. The summed E-state index contributed by atoms with van der Waals surface area (Å²) in [4.78, 5) is 16.3. The average molecular weight is 260 g/mol. The van der Waals surface area contributed by atoms with Crippen molar-refractivity contribution in [3.8, 4) is 0 Å². The Balaban J connectivity index is 2.02. The Morgan fingerprint density at radius 2 is 2.42 bits per heavy atom. The van der Waals surface area contributed by atoms with E-state index in [0.29, 0.717) is 18.2 Å². The predicted molar refractivity (Wildman–Crippen MR) is 69.3 cm³/mol. The maximum atomic E-state index is 11.7. The highest BCUT2D eigenvalue weighted by Gasteiger charge is 2.20. The molecule has 2 aromatic heterocycles. The van der Waals surface area contributed by atoms with Gasteiger partial charge in [0.2, 0.25) is 0 Å². The van der Waals surface area contributed by atoms with E-state index >= 15 is 0 Å². The molecular formula is C14H16N2O3. The van der Waals surface area contributed by atoms with E-state index in [1.165, 1.54) is 7.11 Å². The Morgan fingerprint density at radius 1 is 1.53 bits per heavy atom. The van der Waals surface area contributed by atoms with E-state index in [4.69, 9.17) is 9.47 Å². The lowest BCUT2D eigenvalue weighted by Gasteiger charge is -2.19. The zero-order chi connectivity index (χ0) is 13.2. The quantitative estimate of drug-likeness (QED) is 0.775. The Hall–Kier alpha value is -1.88. The number of hydrogen-bond acceptors (Lipinski definition) is 4. The molecule has 0 saturated carbocycles. The van der Waals surface area contributed by atoms with E-state index in [0.717, 1.165) is 30.8 Å². The van der Waals surface area contributed by atoms with Gasteiger partial charge in [0.05, 0.1) is 19.4 Å². The van der Waals surface area contributed by atoms with Gasteiger partial charge in [-0.25, -0.2) is 9.78 Å². The van der Waals surface area contributed by atoms with Gasteiger partial charge in [0.25, 0.3) is 0 Å². The largest absolute Gasteiger partial charge is 0.464 e. The van der Waals surface area contributed by atoms with Crippen LogP contribution in [-0.4, -0.2) is 35.7 Å². The number of pyridine rings is 1. The van der Waals surface area contributed by atoms with Gasteiger partial charge in [0.1, 0.15) is 11.3 Å². The number of carbonyl (C=O) groups is 1. The summed E-state index contributed by atoms with van der Waals surface area (Å²) in [6.07, 6.45) is 4.06. The Labute approximate surface area is 111 Å². The summed E-state index contributed by atoms with van der Waals surface area (Å²) in [6.45, 7) is 1.54. The van der Waals surface area contributed by atoms with Crippen LogP contribution < -0.4 is 0 Å². The SMILES string of the molecule is COC(=O)c1cccc2nc(C3CCCOC3)cn12. The van der Waals surface area contributed by atoms with Gasteiger partial charge >= 0.3 is 5.97 Å². The molecule has 0 bridgehead atoms. The van der Waals surface area contributed by atoms with Crippen LogP contribution in [0.1, 0.15) is 34.9 Å². The van der Waals surface area contributed by atoms with Crippen LogP contribution >= 0.6 is 0 Å². The summed E-state index contributed by atoms with van der Waals surface area (Å²) in [6, 6.07) is 5.44. The summed E-state index contributed by atoms with van der Waals surface area (Å²) in [7, 11) is 1.38. The van der Waals surface area contributed by atoms with Crippen LogP contribution in [0.25, 0.3) is 5.65 Å². The van der Waals surface area contributed by atoms with E-state index in [1.54, 1.807) is 10.5 Å². The number of esters is 1. The standard InChI is InChI=1S/C14H16N2O3/c1-18-14(17)12-5-2-6-13-15-11(8-16(12)13)10-4-3-7-19-9-10/h2,5-6,8,10H,3-4,7,9H2,1H3. The molecule has 5 nitrogen and oxygen atoms in total. The minimum atomic E-state index is -0.352. The van der Waals surface area contributed by atoms with Crippen LogP contribution in [0.2, 0.25) is 0 Å². The molecule has 0 aliphatic carbocycles. The van der Waals surface area contributed by atoms with Crippen molar-refractivity contribution in [1.82, 2.24) is 9.38 Å². The Morgan fingerprint density at radius 3 is 3.16 bits per heavy atom. The van der Waals surface area contributed by atoms with Crippen molar-refractivity contribution in [2.24, 2.45) is 0 Å². The number of methoxy groups -OCH3 is 1. The molecule has 100 valence electrons. The van der Waals surface area contributed by atoms with E-state index in [2.05, 4.69) is 4.98 Å². The Kier molecular flexibility index (Phi) is 3.21. The van der Waals surface area contributed by atoms with E-state index in [1.807, 2.05) is 18.3 Å². The molecule has 1 aliphatic heterocycles. The van der Waals surface area contributed by atoms with Gasteiger partial charge in [-0.05, 0) is 25.0 Å². The molecule has 0 spiro atoms. The van der Waals surface area contributed by atoms with E-state index in [9.17, 15) is 4.79 Å². The van der Waals surface area contributed by atoms with Crippen molar-refractivity contribution in [1.29, 1.82) is 0 Å². The molecule has 1 saturated heterocycles. The van der Waals surface area contributed by atoms with Crippen molar-refractivity contribution in [2.45, 2.75) is 18.8 Å². The smallest absolute Gasteiger partial charge is 0.355 e. The van der Waals surface area contributed by atoms with Gasteiger partial charge in [-0.15, -0.1) is 0 Å². The van der Waals surface area contributed by atoms with Gasteiger partial charge in [-0.3, -0.25) is 4.40 Å². The molecule has 0 aromatic carbocycles. The molecule has 5 heteroatoms. The third-order valence-electron chi connectivity index (χ3n) is 3.48. The summed E-state index contributed by atoms with van der Waals surface area (Å²) in [5.74, 6) is -0.0337. The highest BCUT2D eigenvalue weighted by molar-refractivity contribution is 5.88. The second-order valence-electron chi connectivity index (χ2n) is 4.71. The molecule has 3 rings (SSSR count). The second kappa shape index (κ2) is 5.01. The fourth-order valence-corrected chi connectivity index (χ4v) is 2.47. The van der Waals surface area contributed by atoms with Gasteiger partial charge in [-0.2, -0.15) is 0 Å². The first-order valence-electron chi connectivity index (χ1n) is 6.43. The van der Waals surface area contributed by atoms with Crippen LogP contribution in [0.4, 0.5) is 0 Å². The molecule has 1 aliphatic rings. The van der Waals surface area contributed by atoms with E-state index in [-0.39, 0.29) is 5.97 Å². The molecule has 0 amide bonds. The summed E-state index contributed by atoms with van der Waals surface area (Å²) >= 11 is 0. The number of aromatic nitrogens is 2. The summed E-state index contributed by atoms with van der Waals surface area (Å²) in [5, 5.41) is 0. The van der Waals surface area contributed by atoms with Gasteiger partial charge < -0.3 is 9.47 Å². The van der Waals surface area contributed by atoms with Crippen molar-refractivity contribution in [3.63, 3.8) is 0 Å². The van der Waals surface area contributed by atoms with Crippen molar-refractivity contribution >= 4 is 11.6 Å². The molecule has 2 aromatic rings. The number of fused-ring (bicyclic) bond motifs is 1. The highest BCUT2D eigenvalue weighted by Crippen LogP contribution is 2.25. The van der Waals surface area contributed by atoms with Crippen molar-refractivity contribution in [3.05, 3.63) is 35.8 Å². The topological polar surface area (TPSA) is 52.8 Å². The first-order chi connectivity index (χ1) is 9.29. The Bertz CT molecular complexity index is 600. The fraction of sp³-hybridized carbons (Fsp3) is 0.429. The molecule has 1 unspecified atom stereocenters. The highest BCUT2D eigenvalue weighted by atomic mass is 16.5. The number of carbonyl (C=O) groups excluding carboxylic acids is 1. The molecular weight excluding hydrogens is 244 g/mol. The molecule has 1 fully saturated rings. The van der Waals surface area contributed by atoms with E-state index < -0.39 is 0 Å². The zero-order valence-electron chi connectivity index (χ0n) is 10.8. The number of hydrogen-bond donors (Lipinski definition) is 0. The average Bonchev–Trinajstić information content (AvgIpc) is 2.91. The summed E-state index contributed by atoms with van der Waals surface area (Å²) < 4.78 is 12.1. The lowest BCUT2D eigenvalue weighted by atomic mass is 9.99. The monoisotopic (exact) mass is 260 g/mol. The normalized spacial score (nSPS) is 19.5. The molecule has 3 heterocycles. The van der Waals surface area contributed by atoms with Gasteiger partial charge in [0.15, 0.2) is 0 Å². The first-order valence-corrected chi connectivity index (χ1v) is 6.43. The predicted octanol–water partition coefficient (Wildman–Crippen LogP) is 2.01. The first kappa shape index (κ1) is 12.2.